The van der Waals surface area contributed by atoms with E-state index in [2.05, 4.69) is 56.4 Å². The van der Waals surface area contributed by atoms with Crippen LogP contribution < -0.4 is 0 Å². The summed E-state index contributed by atoms with van der Waals surface area (Å²) in [6, 6.07) is 0. The van der Waals surface area contributed by atoms with Gasteiger partial charge in [0.05, 0.1) is 0 Å². The molecule has 0 aromatic carbocycles. The second-order valence-electron chi connectivity index (χ2n) is 7.35. The first-order chi connectivity index (χ1) is 9.17. The maximum absolute atomic E-state index is 6.19. The molecule has 0 unspecified atom stereocenters. The topological polar surface area (TPSA) is 9.23 Å². The molecule has 20 heavy (non-hydrogen) atoms. The molecular formula is C17H35BrOSi. The summed E-state index contributed by atoms with van der Waals surface area (Å²) >= 11 is 3.41. The molecule has 3 heteroatoms. The summed E-state index contributed by atoms with van der Waals surface area (Å²) in [5, 5.41) is 0.340. The third-order valence-electron chi connectivity index (χ3n) is 4.36. The second-order valence-corrected chi connectivity index (χ2v) is 13.3. The Morgan fingerprint density at radius 2 is 1.40 bits per heavy atom. The van der Waals surface area contributed by atoms with Gasteiger partial charge in [0.2, 0.25) is 0 Å². The summed E-state index contributed by atoms with van der Waals surface area (Å²) in [6.07, 6.45) is 10.4. The summed E-state index contributed by atoms with van der Waals surface area (Å²) in [5.41, 5.74) is 0. The van der Waals surface area contributed by atoms with Crippen molar-refractivity contribution in [3.05, 3.63) is 11.1 Å². The van der Waals surface area contributed by atoms with Crippen LogP contribution in [0.4, 0.5) is 0 Å². The van der Waals surface area contributed by atoms with Crippen molar-refractivity contribution >= 4 is 24.2 Å². The van der Waals surface area contributed by atoms with Crippen molar-refractivity contribution in [3.63, 3.8) is 0 Å². The first-order valence-electron chi connectivity index (χ1n) is 8.14. The Labute approximate surface area is 136 Å². The molecule has 0 N–H and O–H groups in total. The van der Waals surface area contributed by atoms with Gasteiger partial charge >= 0.3 is 0 Å². The van der Waals surface area contributed by atoms with Gasteiger partial charge in [-0.25, -0.2) is 0 Å². The Kier molecular flexibility index (Phi) is 10.4. The molecule has 0 aromatic heterocycles. The number of hydrogen-bond donors (Lipinski definition) is 0. The van der Waals surface area contributed by atoms with Gasteiger partial charge in [0, 0.05) is 6.61 Å². The molecule has 0 saturated heterocycles. The lowest BCUT2D eigenvalue weighted by Gasteiger charge is -2.36. The third-order valence-corrected chi connectivity index (χ3v) is 9.30. The van der Waals surface area contributed by atoms with Crippen molar-refractivity contribution in [2.75, 3.05) is 6.61 Å². The van der Waals surface area contributed by atoms with Crippen LogP contribution in [0.25, 0.3) is 0 Å². The predicted molar refractivity (Wildman–Crippen MR) is 98.2 cm³/mol. The highest BCUT2D eigenvalue weighted by Crippen LogP contribution is 2.36. The van der Waals surface area contributed by atoms with E-state index < -0.39 is 8.32 Å². The zero-order valence-electron chi connectivity index (χ0n) is 14.4. The van der Waals surface area contributed by atoms with Crippen LogP contribution in [0, 0.1) is 0 Å². The van der Waals surface area contributed by atoms with E-state index in [4.69, 9.17) is 4.43 Å². The van der Waals surface area contributed by atoms with E-state index in [1.807, 2.05) is 0 Å². The minimum absolute atomic E-state index is 0.340. The number of hydrogen-bond acceptors (Lipinski definition) is 1. The van der Waals surface area contributed by atoms with E-state index in [9.17, 15) is 0 Å². The fourth-order valence-electron chi connectivity index (χ4n) is 1.85. The van der Waals surface area contributed by atoms with Gasteiger partial charge in [-0.15, -0.1) is 0 Å². The van der Waals surface area contributed by atoms with Crippen LogP contribution in [0.15, 0.2) is 11.1 Å². The Bertz CT molecular complexity index is 269. The summed E-state index contributed by atoms with van der Waals surface area (Å²) < 4.78 is 7.33. The molecule has 0 aliphatic carbocycles. The number of halogens is 1. The van der Waals surface area contributed by atoms with Gasteiger partial charge < -0.3 is 4.43 Å². The van der Waals surface area contributed by atoms with E-state index in [0.29, 0.717) is 5.04 Å². The van der Waals surface area contributed by atoms with Crippen LogP contribution in [0.1, 0.15) is 72.1 Å². The Hall–Kier alpha value is 0.397. The molecule has 120 valence electrons. The quantitative estimate of drug-likeness (QED) is 0.283. The Balaban J connectivity index is 3.39. The third kappa shape index (κ3) is 10.2. The predicted octanol–water partition coefficient (Wildman–Crippen LogP) is 7.04. The zero-order chi connectivity index (χ0) is 15.6. The second kappa shape index (κ2) is 10.2. The lowest BCUT2D eigenvalue weighted by Crippen LogP contribution is -2.40. The first-order valence-corrected chi connectivity index (χ1v) is 11.8. The van der Waals surface area contributed by atoms with Gasteiger partial charge in [-0.1, -0.05) is 75.4 Å². The highest BCUT2D eigenvalue weighted by Gasteiger charge is 2.36. The summed E-state index contributed by atoms with van der Waals surface area (Å²) in [4.78, 5) is 0. The Morgan fingerprint density at radius 3 is 1.85 bits per heavy atom. The standard InChI is InChI=1S/C17H35BrOSi/c1-16(18)14-12-10-8-7-9-11-13-15-19-20(5,6)17(2,3)4/h1,7-15H2,2-6H3. The minimum atomic E-state index is -1.51. The van der Waals surface area contributed by atoms with Crippen molar-refractivity contribution < 1.29 is 4.43 Å². The van der Waals surface area contributed by atoms with Crippen molar-refractivity contribution in [1.29, 1.82) is 0 Å². The molecule has 0 spiro atoms. The van der Waals surface area contributed by atoms with Crippen molar-refractivity contribution in [2.45, 2.75) is 90.3 Å². The molecular weight excluding hydrogens is 328 g/mol. The number of allylic oxidation sites excluding steroid dienone is 1. The van der Waals surface area contributed by atoms with Crippen LogP contribution in [0.2, 0.25) is 18.1 Å². The lowest BCUT2D eigenvalue weighted by molar-refractivity contribution is 0.277. The number of rotatable bonds is 11. The minimum Gasteiger partial charge on any atom is -0.417 e. The molecule has 0 atom stereocenters. The average Bonchev–Trinajstić information content (AvgIpc) is 2.29. The van der Waals surface area contributed by atoms with Crippen LogP contribution in [-0.4, -0.2) is 14.9 Å². The average molecular weight is 363 g/mol. The normalized spacial score (nSPS) is 12.7. The van der Waals surface area contributed by atoms with Gasteiger partial charge in [0.15, 0.2) is 8.32 Å². The van der Waals surface area contributed by atoms with Crippen molar-refractivity contribution in [2.24, 2.45) is 0 Å². The molecule has 0 radical (unpaired) electrons. The summed E-state index contributed by atoms with van der Waals surface area (Å²) in [6.45, 7) is 16.4. The van der Waals surface area contributed by atoms with Gasteiger partial charge in [-0.2, -0.15) is 0 Å². The molecule has 0 aliphatic rings. The summed E-state index contributed by atoms with van der Waals surface area (Å²) in [7, 11) is -1.51. The molecule has 1 nitrogen and oxygen atoms in total. The van der Waals surface area contributed by atoms with Crippen LogP contribution in [-0.2, 0) is 4.43 Å². The van der Waals surface area contributed by atoms with Crippen LogP contribution in [0.3, 0.4) is 0 Å². The maximum Gasteiger partial charge on any atom is 0.191 e. The first kappa shape index (κ1) is 20.4. The highest BCUT2D eigenvalue weighted by atomic mass is 79.9. The van der Waals surface area contributed by atoms with Crippen molar-refractivity contribution in [3.8, 4) is 0 Å². The molecule has 0 heterocycles. The van der Waals surface area contributed by atoms with E-state index in [1.54, 1.807) is 0 Å². The smallest absolute Gasteiger partial charge is 0.191 e. The molecule has 0 amide bonds. The van der Waals surface area contributed by atoms with Crippen LogP contribution >= 0.6 is 15.9 Å². The molecule has 0 fully saturated rings. The van der Waals surface area contributed by atoms with E-state index in [1.165, 1.54) is 44.9 Å². The Morgan fingerprint density at radius 1 is 0.950 bits per heavy atom. The van der Waals surface area contributed by atoms with Gasteiger partial charge in [-0.05, 0) is 41.9 Å². The van der Waals surface area contributed by atoms with Gasteiger partial charge in [0.1, 0.15) is 0 Å². The largest absolute Gasteiger partial charge is 0.417 e. The highest BCUT2D eigenvalue weighted by molar-refractivity contribution is 9.11. The SMILES string of the molecule is C=C(Br)CCCCCCCCCO[Si](C)(C)C(C)(C)C. The van der Waals surface area contributed by atoms with E-state index in [-0.39, 0.29) is 0 Å². The van der Waals surface area contributed by atoms with Crippen LogP contribution in [0.5, 0.6) is 0 Å². The summed E-state index contributed by atoms with van der Waals surface area (Å²) in [5.74, 6) is 0. The van der Waals surface area contributed by atoms with E-state index >= 15 is 0 Å². The molecule has 0 bridgehead atoms. The molecule has 0 aliphatic heterocycles. The van der Waals surface area contributed by atoms with E-state index in [0.717, 1.165) is 17.5 Å². The van der Waals surface area contributed by atoms with Gasteiger partial charge in [0.25, 0.3) is 0 Å². The number of unbranched alkanes of at least 4 members (excludes halogenated alkanes) is 6. The zero-order valence-corrected chi connectivity index (χ0v) is 16.9. The molecule has 0 aromatic rings. The van der Waals surface area contributed by atoms with Crippen molar-refractivity contribution in [1.82, 2.24) is 0 Å². The fraction of sp³-hybridized carbons (Fsp3) is 0.882. The van der Waals surface area contributed by atoms with Gasteiger partial charge in [-0.3, -0.25) is 0 Å². The monoisotopic (exact) mass is 362 g/mol. The lowest BCUT2D eigenvalue weighted by atomic mass is 10.1. The molecule has 0 saturated carbocycles. The molecule has 0 rings (SSSR count). The fourth-order valence-corrected chi connectivity index (χ4v) is 3.21. The maximum atomic E-state index is 6.19.